The van der Waals surface area contributed by atoms with Crippen LogP contribution in [0.15, 0.2) is 0 Å². The molecule has 0 aromatic carbocycles. The van der Waals surface area contributed by atoms with Gasteiger partial charge in [0.25, 0.3) is 0 Å². The van der Waals surface area contributed by atoms with Crippen molar-refractivity contribution in [3.63, 3.8) is 0 Å². The van der Waals surface area contributed by atoms with Crippen molar-refractivity contribution in [3.8, 4) is 0 Å². The van der Waals surface area contributed by atoms with Gasteiger partial charge in [0, 0.05) is 26.7 Å². The zero-order valence-electron chi connectivity index (χ0n) is 6.59. The monoisotopic (exact) mass is 128 g/mol. The SMILES string of the molecule is CC1CCCN(C)N1C. The average molecular weight is 128 g/mol. The third kappa shape index (κ3) is 1.43. The molecule has 0 spiro atoms. The second kappa shape index (κ2) is 2.67. The van der Waals surface area contributed by atoms with Crippen molar-refractivity contribution in [1.82, 2.24) is 10.0 Å². The zero-order chi connectivity index (χ0) is 6.85. The molecule has 0 N–H and O–H groups in total. The van der Waals surface area contributed by atoms with E-state index in [0.717, 1.165) is 6.04 Å². The van der Waals surface area contributed by atoms with Gasteiger partial charge in [0.1, 0.15) is 0 Å². The summed E-state index contributed by atoms with van der Waals surface area (Å²) >= 11 is 0. The van der Waals surface area contributed by atoms with E-state index in [2.05, 4.69) is 31.0 Å². The Morgan fingerprint density at radius 2 is 2.00 bits per heavy atom. The van der Waals surface area contributed by atoms with Crippen LogP contribution in [-0.2, 0) is 0 Å². The Bertz CT molecular complexity index is 82.9. The minimum atomic E-state index is 0.740. The Labute approximate surface area is 57.4 Å². The lowest BCUT2D eigenvalue weighted by Crippen LogP contribution is -2.46. The van der Waals surface area contributed by atoms with E-state index in [4.69, 9.17) is 0 Å². The first kappa shape index (κ1) is 7.03. The van der Waals surface area contributed by atoms with Crippen molar-refractivity contribution in [1.29, 1.82) is 0 Å². The van der Waals surface area contributed by atoms with Crippen LogP contribution in [0.5, 0.6) is 0 Å². The molecule has 2 heteroatoms. The molecule has 0 bridgehead atoms. The number of hydrogen-bond donors (Lipinski definition) is 0. The summed E-state index contributed by atoms with van der Waals surface area (Å²) in [4.78, 5) is 0. The van der Waals surface area contributed by atoms with E-state index in [1.807, 2.05) is 0 Å². The van der Waals surface area contributed by atoms with Gasteiger partial charge in [-0.1, -0.05) is 0 Å². The van der Waals surface area contributed by atoms with Gasteiger partial charge in [0.05, 0.1) is 0 Å². The van der Waals surface area contributed by atoms with E-state index in [9.17, 15) is 0 Å². The highest BCUT2D eigenvalue weighted by atomic mass is 15.6. The van der Waals surface area contributed by atoms with Crippen LogP contribution in [0.1, 0.15) is 19.8 Å². The van der Waals surface area contributed by atoms with E-state index in [1.54, 1.807) is 0 Å². The highest BCUT2D eigenvalue weighted by Gasteiger charge is 2.17. The lowest BCUT2D eigenvalue weighted by atomic mass is 10.1. The summed E-state index contributed by atoms with van der Waals surface area (Å²) in [5.41, 5.74) is 0. The molecule has 0 aliphatic carbocycles. The third-order valence-electron chi connectivity index (χ3n) is 2.28. The second-order valence-electron chi connectivity index (χ2n) is 2.95. The van der Waals surface area contributed by atoms with Crippen molar-refractivity contribution < 1.29 is 0 Å². The van der Waals surface area contributed by atoms with E-state index >= 15 is 0 Å². The fourth-order valence-corrected chi connectivity index (χ4v) is 1.30. The largest absolute Gasteiger partial charge is 0.245 e. The molecule has 1 heterocycles. The highest BCUT2D eigenvalue weighted by molar-refractivity contribution is 4.66. The number of nitrogens with zero attached hydrogens (tertiary/aromatic N) is 2. The van der Waals surface area contributed by atoms with Gasteiger partial charge >= 0.3 is 0 Å². The minimum absolute atomic E-state index is 0.740. The number of rotatable bonds is 0. The molecule has 54 valence electrons. The predicted molar refractivity (Wildman–Crippen MR) is 39.1 cm³/mol. The molecule has 1 unspecified atom stereocenters. The molecule has 0 aromatic rings. The Balaban J connectivity index is 2.41. The first-order valence-electron chi connectivity index (χ1n) is 3.65. The summed E-state index contributed by atoms with van der Waals surface area (Å²) in [6.45, 7) is 3.50. The Kier molecular flexibility index (Phi) is 2.09. The molecule has 1 saturated heterocycles. The normalized spacial score (nSPS) is 33.0. The number of hydrogen-bond acceptors (Lipinski definition) is 2. The standard InChI is InChI=1S/C7H16N2/c1-7-5-4-6-8(2)9(7)3/h7H,4-6H2,1-3H3. The molecule has 0 radical (unpaired) electrons. The molecular weight excluding hydrogens is 112 g/mol. The van der Waals surface area contributed by atoms with Crippen molar-refractivity contribution in [3.05, 3.63) is 0 Å². The maximum Gasteiger partial charge on any atom is 0.0214 e. The van der Waals surface area contributed by atoms with Crippen LogP contribution in [0, 0.1) is 0 Å². The summed E-state index contributed by atoms with van der Waals surface area (Å²) in [6, 6.07) is 0.740. The number of hydrazine groups is 1. The molecule has 0 amide bonds. The van der Waals surface area contributed by atoms with Gasteiger partial charge in [-0.25, -0.2) is 10.0 Å². The predicted octanol–water partition coefficient (Wildman–Crippen LogP) is 0.947. The summed E-state index contributed by atoms with van der Waals surface area (Å²) in [5, 5.41) is 4.59. The molecule has 0 saturated carbocycles. The summed E-state index contributed by atoms with van der Waals surface area (Å²) < 4.78 is 0. The second-order valence-corrected chi connectivity index (χ2v) is 2.95. The maximum atomic E-state index is 2.31. The van der Waals surface area contributed by atoms with Gasteiger partial charge in [-0.15, -0.1) is 0 Å². The van der Waals surface area contributed by atoms with Crippen LogP contribution in [0.3, 0.4) is 0 Å². The Morgan fingerprint density at radius 3 is 2.44 bits per heavy atom. The average Bonchev–Trinajstić information content (AvgIpc) is 1.83. The van der Waals surface area contributed by atoms with Crippen molar-refractivity contribution >= 4 is 0 Å². The maximum absolute atomic E-state index is 2.31. The molecular formula is C7H16N2. The molecule has 1 rings (SSSR count). The van der Waals surface area contributed by atoms with Gasteiger partial charge in [0.2, 0.25) is 0 Å². The lowest BCUT2D eigenvalue weighted by molar-refractivity contribution is -0.0397. The van der Waals surface area contributed by atoms with Crippen molar-refractivity contribution in [2.75, 3.05) is 20.6 Å². The van der Waals surface area contributed by atoms with E-state index in [-0.39, 0.29) is 0 Å². The quantitative estimate of drug-likeness (QED) is 0.479. The first-order valence-corrected chi connectivity index (χ1v) is 3.65. The smallest absolute Gasteiger partial charge is 0.0214 e. The summed E-state index contributed by atoms with van der Waals surface area (Å²) in [6.07, 6.45) is 2.70. The van der Waals surface area contributed by atoms with Gasteiger partial charge in [0.15, 0.2) is 0 Å². The lowest BCUT2D eigenvalue weighted by Gasteiger charge is -2.38. The van der Waals surface area contributed by atoms with Crippen LogP contribution in [0.4, 0.5) is 0 Å². The van der Waals surface area contributed by atoms with Crippen LogP contribution in [-0.4, -0.2) is 36.7 Å². The third-order valence-corrected chi connectivity index (χ3v) is 2.28. The molecule has 1 aliphatic rings. The summed E-state index contributed by atoms with van der Waals surface area (Å²) in [7, 11) is 4.31. The molecule has 1 aliphatic heterocycles. The van der Waals surface area contributed by atoms with Crippen LogP contribution in [0.2, 0.25) is 0 Å². The molecule has 2 nitrogen and oxygen atoms in total. The van der Waals surface area contributed by atoms with Crippen molar-refractivity contribution in [2.45, 2.75) is 25.8 Å². The van der Waals surface area contributed by atoms with Crippen molar-refractivity contribution in [2.24, 2.45) is 0 Å². The fourth-order valence-electron chi connectivity index (χ4n) is 1.30. The Morgan fingerprint density at radius 1 is 1.33 bits per heavy atom. The first-order chi connectivity index (χ1) is 4.22. The Hall–Kier alpha value is -0.0800. The zero-order valence-corrected chi connectivity index (χ0v) is 6.59. The summed E-state index contributed by atoms with van der Waals surface area (Å²) in [5.74, 6) is 0. The van der Waals surface area contributed by atoms with Gasteiger partial charge in [-0.2, -0.15) is 0 Å². The van der Waals surface area contributed by atoms with E-state index < -0.39 is 0 Å². The van der Waals surface area contributed by atoms with Gasteiger partial charge < -0.3 is 0 Å². The van der Waals surface area contributed by atoms with E-state index in [0.29, 0.717) is 0 Å². The molecule has 0 aromatic heterocycles. The molecule has 9 heavy (non-hydrogen) atoms. The highest BCUT2D eigenvalue weighted by Crippen LogP contribution is 2.12. The molecule has 1 fully saturated rings. The topological polar surface area (TPSA) is 6.48 Å². The van der Waals surface area contributed by atoms with Crippen LogP contribution < -0.4 is 0 Å². The van der Waals surface area contributed by atoms with Gasteiger partial charge in [-0.3, -0.25) is 0 Å². The van der Waals surface area contributed by atoms with Gasteiger partial charge in [-0.05, 0) is 19.8 Å². The van der Waals surface area contributed by atoms with E-state index in [1.165, 1.54) is 19.4 Å². The fraction of sp³-hybridized carbons (Fsp3) is 1.00. The minimum Gasteiger partial charge on any atom is -0.245 e. The van der Waals surface area contributed by atoms with Crippen LogP contribution in [0.25, 0.3) is 0 Å². The molecule has 1 atom stereocenters. The van der Waals surface area contributed by atoms with Crippen LogP contribution >= 0.6 is 0 Å².